The second-order valence-corrected chi connectivity index (χ2v) is 5.31. The summed E-state index contributed by atoms with van der Waals surface area (Å²) in [6.07, 6.45) is 1.35. The first-order valence-electron chi connectivity index (χ1n) is 7.95. The second-order valence-electron chi connectivity index (χ2n) is 5.31. The van der Waals surface area contributed by atoms with Crippen molar-refractivity contribution in [2.45, 2.75) is 6.92 Å². The number of para-hydroxylation sites is 2. The van der Waals surface area contributed by atoms with Gasteiger partial charge in [-0.05, 0) is 29.8 Å². The van der Waals surface area contributed by atoms with Crippen LogP contribution in [0.3, 0.4) is 0 Å². The average molecular weight is 387 g/mol. The molecule has 1 amide bonds. The van der Waals surface area contributed by atoms with E-state index in [1.165, 1.54) is 44.5 Å². The summed E-state index contributed by atoms with van der Waals surface area (Å²) in [4.78, 5) is 33.1. The zero-order valence-electron chi connectivity index (χ0n) is 15.1. The molecule has 0 bridgehead atoms. The summed E-state index contributed by atoms with van der Waals surface area (Å²) in [5.74, 6) is -0.514. The second kappa shape index (κ2) is 9.67. The van der Waals surface area contributed by atoms with Crippen molar-refractivity contribution in [3.05, 3.63) is 58.1 Å². The zero-order chi connectivity index (χ0) is 20.5. The van der Waals surface area contributed by atoms with E-state index < -0.39 is 23.4 Å². The molecule has 2 aromatic rings. The summed E-state index contributed by atoms with van der Waals surface area (Å²) in [7, 11) is 1.42. The molecule has 0 aromatic heterocycles. The Morgan fingerprint density at radius 2 is 1.93 bits per heavy atom. The Balaban J connectivity index is 1.93. The van der Waals surface area contributed by atoms with E-state index in [4.69, 9.17) is 14.2 Å². The Labute approximate surface area is 159 Å². The van der Waals surface area contributed by atoms with Gasteiger partial charge in [0.25, 0.3) is 5.91 Å². The normalized spacial score (nSPS) is 10.4. The minimum Gasteiger partial charge on any atom is -0.493 e. The highest BCUT2D eigenvalue weighted by Gasteiger charge is 2.14. The van der Waals surface area contributed by atoms with Gasteiger partial charge in [0.2, 0.25) is 0 Å². The zero-order valence-corrected chi connectivity index (χ0v) is 15.1. The molecule has 2 aromatic carbocycles. The van der Waals surface area contributed by atoms with Crippen LogP contribution in [-0.4, -0.2) is 36.7 Å². The number of amides is 1. The van der Waals surface area contributed by atoms with E-state index in [2.05, 4.69) is 10.5 Å². The number of rotatable bonds is 8. The number of carbonyl (C=O) groups excluding carboxylic acids is 2. The minimum absolute atomic E-state index is 0.0163. The van der Waals surface area contributed by atoms with Gasteiger partial charge in [-0.3, -0.25) is 19.7 Å². The number of nitro benzene ring substituents is 1. The van der Waals surface area contributed by atoms with Crippen LogP contribution in [-0.2, 0) is 9.59 Å². The van der Waals surface area contributed by atoms with Crippen LogP contribution >= 0.6 is 0 Å². The fourth-order valence-corrected chi connectivity index (χ4v) is 2.09. The predicted octanol–water partition coefficient (Wildman–Crippen LogP) is 2.06. The van der Waals surface area contributed by atoms with Crippen molar-refractivity contribution in [3.63, 3.8) is 0 Å². The molecule has 0 fully saturated rings. The number of nitrogens with zero attached hydrogens (tertiary/aromatic N) is 2. The van der Waals surface area contributed by atoms with E-state index in [1.807, 2.05) is 0 Å². The summed E-state index contributed by atoms with van der Waals surface area (Å²) in [6, 6.07) is 10.4. The number of hydrogen-bond donors (Lipinski definition) is 1. The Morgan fingerprint density at radius 3 is 2.61 bits per heavy atom. The highest BCUT2D eigenvalue weighted by atomic mass is 16.6. The van der Waals surface area contributed by atoms with E-state index in [9.17, 15) is 19.7 Å². The lowest BCUT2D eigenvalue weighted by atomic mass is 10.2. The van der Waals surface area contributed by atoms with E-state index in [1.54, 1.807) is 18.2 Å². The van der Waals surface area contributed by atoms with Gasteiger partial charge in [0.05, 0.1) is 18.2 Å². The van der Waals surface area contributed by atoms with Gasteiger partial charge in [-0.15, -0.1) is 0 Å². The van der Waals surface area contributed by atoms with Gasteiger partial charge in [0, 0.05) is 13.0 Å². The SMILES string of the molecule is COc1cc(/C=N\NC(=O)COc2ccccc2[N+](=O)[O-])ccc1OC(C)=O. The number of nitrogens with one attached hydrogen (secondary N) is 1. The number of hydrogen-bond acceptors (Lipinski definition) is 8. The molecule has 0 heterocycles. The number of hydrazone groups is 1. The summed E-state index contributed by atoms with van der Waals surface area (Å²) >= 11 is 0. The van der Waals surface area contributed by atoms with Crippen molar-refractivity contribution in [1.82, 2.24) is 5.43 Å². The van der Waals surface area contributed by atoms with E-state index in [0.717, 1.165) is 0 Å². The quantitative estimate of drug-likeness (QED) is 0.241. The Morgan fingerprint density at radius 1 is 1.18 bits per heavy atom. The molecule has 0 atom stereocenters. The van der Waals surface area contributed by atoms with Gasteiger partial charge in [-0.2, -0.15) is 5.10 Å². The molecule has 146 valence electrons. The third-order valence-corrected chi connectivity index (χ3v) is 3.26. The van der Waals surface area contributed by atoms with Crippen molar-refractivity contribution in [1.29, 1.82) is 0 Å². The first-order chi connectivity index (χ1) is 13.4. The molecule has 10 heteroatoms. The van der Waals surface area contributed by atoms with Crippen LogP contribution in [0.4, 0.5) is 5.69 Å². The molecular weight excluding hydrogens is 370 g/mol. The van der Waals surface area contributed by atoms with E-state index in [0.29, 0.717) is 11.3 Å². The van der Waals surface area contributed by atoms with Crippen molar-refractivity contribution in [2.24, 2.45) is 5.10 Å². The Hall–Kier alpha value is -3.95. The lowest BCUT2D eigenvalue weighted by Gasteiger charge is -2.08. The van der Waals surface area contributed by atoms with Crippen LogP contribution in [0.1, 0.15) is 12.5 Å². The van der Waals surface area contributed by atoms with E-state index in [-0.39, 0.29) is 17.2 Å². The van der Waals surface area contributed by atoms with Crippen molar-refractivity contribution >= 4 is 23.8 Å². The van der Waals surface area contributed by atoms with Crippen LogP contribution in [0.5, 0.6) is 17.2 Å². The maximum Gasteiger partial charge on any atom is 0.310 e. The maximum atomic E-state index is 11.8. The van der Waals surface area contributed by atoms with Crippen LogP contribution in [0.15, 0.2) is 47.6 Å². The summed E-state index contributed by atoms with van der Waals surface area (Å²) in [5.41, 5.74) is 2.58. The summed E-state index contributed by atoms with van der Waals surface area (Å²) < 4.78 is 15.3. The fraction of sp³-hybridized carbons (Fsp3) is 0.167. The van der Waals surface area contributed by atoms with Gasteiger partial charge in [0.15, 0.2) is 23.9 Å². The standard InChI is InChI=1S/C18H17N3O7/c1-12(22)28-16-8-7-13(9-17(16)26-2)10-19-20-18(23)11-27-15-6-4-3-5-14(15)21(24)25/h3-10H,11H2,1-2H3,(H,20,23)/b19-10-. The molecule has 0 aliphatic carbocycles. The monoisotopic (exact) mass is 387 g/mol. The number of methoxy groups -OCH3 is 1. The summed E-state index contributed by atoms with van der Waals surface area (Å²) in [6.45, 7) is 0.827. The molecule has 0 saturated heterocycles. The molecule has 2 rings (SSSR count). The highest BCUT2D eigenvalue weighted by Crippen LogP contribution is 2.27. The number of esters is 1. The first kappa shape index (κ1) is 20.4. The van der Waals surface area contributed by atoms with Gasteiger partial charge < -0.3 is 14.2 Å². The number of benzene rings is 2. The minimum atomic E-state index is -0.599. The third-order valence-electron chi connectivity index (χ3n) is 3.26. The summed E-state index contributed by atoms with van der Waals surface area (Å²) in [5, 5.41) is 14.7. The van der Waals surface area contributed by atoms with Crippen LogP contribution in [0.25, 0.3) is 0 Å². The van der Waals surface area contributed by atoms with Crippen LogP contribution in [0, 0.1) is 10.1 Å². The van der Waals surface area contributed by atoms with Gasteiger partial charge >= 0.3 is 11.7 Å². The van der Waals surface area contributed by atoms with E-state index >= 15 is 0 Å². The molecule has 10 nitrogen and oxygen atoms in total. The van der Waals surface area contributed by atoms with Gasteiger partial charge in [-0.25, -0.2) is 5.43 Å². The lowest BCUT2D eigenvalue weighted by molar-refractivity contribution is -0.385. The number of ether oxygens (including phenoxy) is 3. The van der Waals surface area contributed by atoms with Crippen molar-refractivity contribution in [2.75, 3.05) is 13.7 Å². The molecule has 0 spiro atoms. The molecular formula is C18H17N3O7. The number of carbonyl (C=O) groups is 2. The molecule has 0 aliphatic rings. The maximum absolute atomic E-state index is 11.8. The predicted molar refractivity (Wildman–Crippen MR) is 98.6 cm³/mol. The molecule has 28 heavy (non-hydrogen) atoms. The Bertz CT molecular complexity index is 912. The molecule has 0 unspecified atom stereocenters. The molecule has 0 radical (unpaired) electrons. The third kappa shape index (κ3) is 5.80. The van der Waals surface area contributed by atoms with Crippen LogP contribution in [0.2, 0.25) is 0 Å². The smallest absolute Gasteiger partial charge is 0.310 e. The fourth-order valence-electron chi connectivity index (χ4n) is 2.09. The van der Waals surface area contributed by atoms with Gasteiger partial charge in [0.1, 0.15) is 0 Å². The van der Waals surface area contributed by atoms with Crippen molar-refractivity contribution < 1.29 is 28.7 Å². The lowest BCUT2D eigenvalue weighted by Crippen LogP contribution is -2.24. The average Bonchev–Trinajstić information content (AvgIpc) is 2.67. The topological polar surface area (TPSA) is 129 Å². The highest BCUT2D eigenvalue weighted by molar-refractivity contribution is 5.84. The molecule has 0 aliphatic heterocycles. The Kier molecular flexibility index (Phi) is 7.03. The molecule has 0 saturated carbocycles. The first-order valence-corrected chi connectivity index (χ1v) is 7.95. The van der Waals surface area contributed by atoms with Crippen LogP contribution < -0.4 is 19.6 Å². The number of nitro groups is 1. The largest absolute Gasteiger partial charge is 0.493 e. The van der Waals surface area contributed by atoms with Gasteiger partial charge in [-0.1, -0.05) is 12.1 Å². The van der Waals surface area contributed by atoms with Crippen molar-refractivity contribution in [3.8, 4) is 17.2 Å². The molecule has 1 N–H and O–H groups in total.